The van der Waals surface area contributed by atoms with Gasteiger partial charge >= 0.3 is 0 Å². The quantitative estimate of drug-likeness (QED) is 0.675. The highest BCUT2D eigenvalue weighted by molar-refractivity contribution is 6.33. The van der Waals surface area contributed by atoms with Gasteiger partial charge in [-0.1, -0.05) is 35.9 Å². The van der Waals surface area contributed by atoms with E-state index in [0.717, 1.165) is 11.3 Å². The van der Waals surface area contributed by atoms with Crippen LogP contribution in [0, 0.1) is 5.82 Å². The van der Waals surface area contributed by atoms with Crippen LogP contribution in [0.2, 0.25) is 5.02 Å². The number of rotatable bonds is 2. The molecule has 3 rings (SSSR count). The number of fused-ring (bicyclic) bond motifs is 1. The van der Waals surface area contributed by atoms with Crippen molar-refractivity contribution in [3.8, 4) is 11.3 Å². The van der Waals surface area contributed by atoms with Crippen LogP contribution < -0.4 is 0 Å². The van der Waals surface area contributed by atoms with Gasteiger partial charge in [0, 0.05) is 5.56 Å². The molecule has 0 saturated heterocycles. The fourth-order valence-electron chi connectivity index (χ4n) is 2.19. The van der Waals surface area contributed by atoms with Crippen LogP contribution in [0.1, 0.15) is 5.69 Å². The van der Waals surface area contributed by atoms with Crippen molar-refractivity contribution in [2.75, 3.05) is 0 Å². The smallest absolute Gasteiger partial charge is 0.151 e. The second-order valence-corrected chi connectivity index (χ2v) is 4.87. The molecule has 0 bridgehead atoms. The zero-order valence-electron chi connectivity index (χ0n) is 10.9. The van der Waals surface area contributed by atoms with Crippen molar-refractivity contribution >= 4 is 30.5 Å². The van der Waals surface area contributed by atoms with Crippen LogP contribution in [0.4, 0.5) is 4.39 Å². The average molecular weight is 285 g/mol. The zero-order valence-corrected chi connectivity index (χ0v) is 11.7. The van der Waals surface area contributed by atoms with Gasteiger partial charge < -0.3 is 0 Å². The van der Waals surface area contributed by atoms with E-state index in [9.17, 15) is 4.39 Å². The molecule has 0 saturated carbocycles. The Labute approximate surface area is 122 Å². The van der Waals surface area contributed by atoms with Crippen LogP contribution >= 0.6 is 11.6 Å². The molecule has 0 aliphatic heterocycles. The van der Waals surface area contributed by atoms with E-state index in [0.29, 0.717) is 22.6 Å². The van der Waals surface area contributed by atoms with Crippen LogP contribution in [0.3, 0.4) is 0 Å². The minimum atomic E-state index is -0.369. The lowest BCUT2D eigenvalue weighted by atomic mass is 9.97. The van der Waals surface area contributed by atoms with E-state index < -0.39 is 0 Å². The van der Waals surface area contributed by atoms with Gasteiger partial charge in [-0.25, -0.2) is 14.4 Å². The first kappa shape index (κ1) is 13.1. The zero-order chi connectivity index (χ0) is 14.1. The Hall–Kier alpha value is -1.94. The number of hydrogen-bond donors (Lipinski definition) is 0. The Morgan fingerprint density at radius 2 is 1.85 bits per heavy atom. The highest BCUT2D eigenvalue weighted by atomic mass is 35.5. The van der Waals surface area contributed by atoms with E-state index in [-0.39, 0.29) is 11.3 Å². The Morgan fingerprint density at radius 3 is 2.60 bits per heavy atom. The van der Waals surface area contributed by atoms with Crippen molar-refractivity contribution in [2.45, 2.75) is 6.32 Å². The molecule has 0 atom stereocenters. The summed E-state index contributed by atoms with van der Waals surface area (Å²) in [6.45, 7) is 0. The van der Waals surface area contributed by atoms with E-state index in [1.54, 1.807) is 18.2 Å². The number of hydrogen-bond acceptors (Lipinski definition) is 2. The standard InChI is InChI=1S/C15H11BClFN2/c16-8-13-14(9-4-1-2-5-10(9)17)20-15-11(18)6-3-7-12(15)19-13/h1-7H,8,16H2. The molecule has 2 nitrogen and oxygen atoms in total. The van der Waals surface area contributed by atoms with Gasteiger partial charge in [0.15, 0.2) is 5.82 Å². The average Bonchev–Trinajstić information content (AvgIpc) is 2.47. The predicted octanol–water partition coefficient (Wildman–Crippen LogP) is 3.22. The number of aromatic nitrogens is 2. The van der Waals surface area contributed by atoms with E-state index >= 15 is 0 Å². The second kappa shape index (κ2) is 5.21. The van der Waals surface area contributed by atoms with Crippen molar-refractivity contribution in [2.24, 2.45) is 0 Å². The third kappa shape index (κ3) is 2.16. The molecule has 2 aromatic carbocycles. The summed E-state index contributed by atoms with van der Waals surface area (Å²) in [5, 5.41) is 0.590. The first-order valence-corrected chi connectivity index (χ1v) is 6.78. The molecule has 0 spiro atoms. The van der Waals surface area contributed by atoms with Gasteiger partial charge in [0.1, 0.15) is 13.4 Å². The van der Waals surface area contributed by atoms with Gasteiger partial charge in [0.2, 0.25) is 0 Å². The molecular formula is C15H11BClFN2. The first-order chi connectivity index (χ1) is 9.70. The van der Waals surface area contributed by atoms with Crippen molar-refractivity contribution in [3.05, 3.63) is 59.0 Å². The third-order valence-electron chi connectivity index (χ3n) is 3.18. The molecule has 0 fully saturated rings. The Balaban J connectivity index is 2.34. The summed E-state index contributed by atoms with van der Waals surface area (Å²) in [7, 11) is 2.00. The maximum atomic E-state index is 13.9. The minimum absolute atomic E-state index is 0.277. The molecular weight excluding hydrogens is 273 g/mol. The summed E-state index contributed by atoms with van der Waals surface area (Å²) < 4.78 is 13.9. The molecule has 0 aliphatic carbocycles. The van der Waals surface area contributed by atoms with Crippen LogP contribution in [0.15, 0.2) is 42.5 Å². The maximum absolute atomic E-state index is 13.9. The molecule has 1 heterocycles. The molecule has 0 amide bonds. The van der Waals surface area contributed by atoms with Gasteiger partial charge in [0.05, 0.1) is 21.9 Å². The number of benzene rings is 2. The number of nitrogens with zero attached hydrogens (tertiary/aromatic N) is 2. The molecule has 0 radical (unpaired) electrons. The van der Waals surface area contributed by atoms with E-state index in [2.05, 4.69) is 9.97 Å². The second-order valence-electron chi connectivity index (χ2n) is 4.46. The van der Waals surface area contributed by atoms with Gasteiger partial charge in [-0.05, 0) is 24.5 Å². The van der Waals surface area contributed by atoms with Gasteiger partial charge in [-0.15, -0.1) is 0 Å². The maximum Gasteiger partial charge on any atom is 0.151 e. The SMILES string of the molecule is BCc1nc2cccc(F)c2nc1-c1ccccc1Cl. The summed E-state index contributed by atoms with van der Waals surface area (Å²) in [5.74, 6) is -0.369. The highest BCUT2D eigenvalue weighted by Crippen LogP contribution is 2.30. The molecule has 0 N–H and O–H groups in total. The number of halogens is 2. The van der Waals surface area contributed by atoms with Gasteiger partial charge in [-0.2, -0.15) is 0 Å². The first-order valence-electron chi connectivity index (χ1n) is 6.40. The Kier molecular flexibility index (Phi) is 3.41. The molecule has 1 aromatic heterocycles. The fraction of sp³-hybridized carbons (Fsp3) is 0.0667. The van der Waals surface area contributed by atoms with Crippen LogP contribution in [-0.4, -0.2) is 17.8 Å². The third-order valence-corrected chi connectivity index (χ3v) is 3.51. The largest absolute Gasteiger partial charge is 0.250 e. The fourth-order valence-corrected chi connectivity index (χ4v) is 2.42. The topological polar surface area (TPSA) is 25.8 Å². The molecule has 20 heavy (non-hydrogen) atoms. The summed E-state index contributed by atoms with van der Waals surface area (Å²) in [5.41, 5.74) is 3.09. The van der Waals surface area contributed by atoms with Crippen LogP contribution in [-0.2, 0) is 6.32 Å². The highest BCUT2D eigenvalue weighted by Gasteiger charge is 2.13. The van der Waals surface area contributed by atoms with Gasteiger partial charge in [0.25, 0.3) is 0 Å². The van der Waals surface area contributed by atoms with E-state index in [1.165, 1.54) is 6.07 Å². The van der Waals surface area contributed by atoms with Crippen molar-refractivity contribution in [1.29, 1.82) is 0 Å². The summed E-state index contributed by atoms with van der Waals surface area (Å²) in [6.07, 6.45) is 0.708. The lowest BCUT2D eigenvalue weighted by Gasteiger charge is -2.10. The monoisotopic (exact) mass is 284 g/mol. The van der Waals surface area contributed by atoms with Crippen LogP contribution in [0.5, 0.6) is 0 Å². The van der Waals surface area contributed by atoms with Crippen molar-refractivity contribution < 1.29 is 4.39 Å². The molecule has 5 heteroatoms. The van der Waals surface area contributed by atoms with E-state index in [4.69, 9.17) is 11.6 Å². The van der Waals surface area contributed by atoms with Crippen LogP contribution in [0.25, 0.3) is 22.3 Å². The lowest BCUT2D eigenvalue weighted by Crippen LogP contribution is -2.00. The van der Waals surface area contributed by atoms with Crippen molar-refractivity contribution in [3.63, 3.8) is 0 Å². The van der Waals surface area contributed by atoms with E-state index in [1.807, 2.05) is 26.0 Å². The Morgan fingerprint density at radius 1 is 1.05 bits per heavy atom. The number of para-hydroxylation sites is 1. The summed E-state index contributed by atoms with van der Waals surface area (Å²) >= 11 is 6.22. The molecule has 98 valence electrons. The predicted molar refractivity (Wildman–Crippen MR) is 82.2 cm³/mol. The van der Waals surface area contributed by atoms with Gasteiger partial charge in [-0.3, -0.25) is 0 Å². The lowest BCUT2D eigenvalue weighted by molar-refractivity contribution is 0.636. The minimum Gasteiger partial charge on any atom is -0.250 e. The Bertz CT molecular complexity index is 792. The molecule has 0 aliphatic rings. The molecule has 0 unspecified atom stereocenters. The molecule has 3 aromatic rings. The summed E-state index contributed by atoms with van der Waals surface area (Å²) in [6, 6.07) is 12.2. The normalized spacial score (nSPS) is 10.9. The van der Waals surface area contributed by atoms with Crippen molar-refractivity contribution in [1.82, 2.24) is 9.97 Å². The summed E-state index contributed by atoms with van der Waals surface area (Å²) in [4.78, 5) is 8.97.